The number of para-hydroxylation sites is 1. The minimum absolute atomic E-state index is 0.589. The first-order valence-corrected chi connectivity index (χ1v) is 9.98. The van der Waals surface area contributed by atoms with Crippen molar-refractivity contribution in [1.29, 1.82) is 0 Å². The fourth-order valence-corrected chi connectivity index (χ4v) is 3.19. The van der Waals surface area contributed by atoms with Crippen LogP contribution in [0, 0.1) is 0 Å². The van der Waals surface area contributed by atoms with Gasteiger partial charge in [0.1, 0.15) is 24.0 Å². The first kappa shape index (κ1) is 19.2. The van der Waals surface area contributed by atoms with E-state index in [1.165, 1.54) is 19.3 Å². The molecule has 0 saturated carbocycles. The summed E-state index contributed by atoms with van der Waals surface area (Å²) in [6.07, 6.45) is 5.56. The molecule has 0 radical (unpaired) electrons. The number of fused-ring (bicyclic) bond motifs is 1. The van der Waals surface area contributed by atoms with E-state index in [0.29, 0.717) is 19.7 Å². The molecule has 0 saturated heterocycles. The number of aromatic nitrogens is 3. The van der Waals surface area contributed by atoms with E-state index in [2.05, 4.69) is 37.3 Å². The summed E-state index contributed by atoms with van der Waals surface area (Å²) in [7, 11) is 0. The van der Waals surface area contributed by atoms with Crippen LogP contribution in [-0.4, -0.2) is 47.0 Å². The van der Waals surface area contributed by atoms with Crippen LogP contribution in [0.15, 0.2) is 35.3 Å². The molecule has 1 aromatic heterocycles. The van der Waals surface area contributed by atoms with Crippen LogP contribution >= 0.6 is 0 Å². The number of nitrogens with one attached hydrogen (secondary N) is 2. The van der Waals surface area contributed by atoms with Gasteiger partial charge in [-0.15, -0.1) is 10.2 Å². The molecule has 3 rings (SSSR count). The fraction of sp³-hybridized carbons (Fsp3) is 0.550. The second-order valence-corrected chi connectivity index (χ2v) is 6.59. The number of rotatable bonds is 8. The van der Waals surface area contributed by atoms with Gasteiger partial charge in [0.25, 0.3) is 0 Å². The van der Waals surface area contributed by atoms with Gasteiger partial charge in [0.2, 0.25) is 0 Å². The Morgan fingerprint density at radius 1 is 1.15 bits per heavy atom. The highest BCUT2D eigenvalue weighted by Crippen LogP contribution is 2.14. The Bertz CT molecular complexity index is 713. The summed E-state index contributed by atoms with van der Waals surface area (Å²) in [6, 6.07) is 9.84. The second-order valence-electron chi connectivity index (χ2n) is 6.59. The van der Waals surface area contributed by atoms with Crippen LogP contribution in [-0.2, 0) is 19.4 Å². The minimum Gasteiger partial charge on any atom is -0.492 e. The van der Waals surface area contributed by atoms with Crippen molar-refractivity contribution in [2.45, 2.75) is 45.6 Å². The standard InChI is InChI=1S/C20H30N6O/c1-2-21-20(23-14-16-27-17-9-5-3-6-10-17)22-13-12-19-25-24-18-11-7-4-8-15-26(18)19/h3,5-6,9-10H,2,4,7-8,11-16H2,1H3,(H2,21,22,23). The Hall–Kier alpha value is -2.57. The van der Waals surface area contributed by atoms with Crippen molar-refractivity contribution in [2.24, 2.45) is 4.99 Å². The van der Waals surface area contributed by atoms with Gasteiger partial charge >= 0.3 is 0 Å². The molecule has 2 heterocycles. The van der Waals surface area contributed by atoms with E-state index >= 15 is 0 Å². The van der Waals surface area contributed by atoms with Gasteiger partial charge < -0.3 is 19.9 Å². The predicted molar refractivity (Wildman–Crippen MR) is 107 cm³/mol. The Kier molecular flexibility index (Phi) is 7.50. The van der Waals surface area contributed by atoms with Crippen molar-refractivity contribution < 1.29 is 4.74 Å². The lowest BCUT2D eigenvalue weighted by atomic mass is 10.2. The molecule has 1 aromatic carbocycles. The zero-order chi connectivity index (χ0) is 18.7. The van der Waals surface area contributed by atoms with E-state index in [4.69, 9.17) is 4.74 Å². The average Bonchev–Trinajstić information content (AvgIpc) is 2.92. The number of hydrogen-bond donors (Lipinski definition) is 2. The molecule has 0 amide bonds. The number of hydrogen-bond acceptors (Lipinski definition) is 4. The number of guanidine groups is 1. The molecule has 146 valence electrons. The Balaban J connectivity index is 1.45. The Labute approximate surface area is 161 Å². The topological polar surface area (TPSA) is 76.4 Å². The first-order chi connectivity index (χ1) is 13.4. The normalized spacial score (nSPS) is 14.3. The third kappa shape index (κ3) is 5.98. The third-order valence-electron chi connectivity index (χ3n) is 4.54. The lowest BCUT2D eigenvalue weighted by molar-refractivity contribution is 0.322. The largest absolute Gasteiger partial charge is 0.492 e. The maximum Gasteiger partial charge on any atom is 0.191 e. The van der Waals surface area contributed by atoms with E-state index in [0.717, 1.165) is 49.3 Å². The maximum absolute atomic E-state index is 5.71. The second kappa shape index (κ2) is 10.5. The third-order valence-corrected chi connectivity index (χ3v) is 4.54. The van der Waals surface area contributed by atoms with Crippen LogP contribution in [0.2, 0.25) is 0 Å². The van der Waals surface area contributed by atoms with Gasteiger partial charge in [0.05, 0.1) is 6.54 Å². The summed E-state index contributed by atoms with van der Waals surface area (Å²) >= 11 is 0. The van der Waals surface area contributed by atoms with E-state index in [9.17, 15) is 0 Å². The first-order valence-electron chi connectivity index (χ1n) is 9.98. The molecule has 0 unspecified atom stereocenters. The Morgan fingerprint density at radius 3 is 2.89 bits per heavy atom. The summed E-state index contributed by atoms with van der Waals surface area (Å²) in [5, 5.41) is 15.3. The number of nitrogens with zero attached hydrogens (tertiary/aromatic N) is 4. The number of aliphatic imine (C=N–C) groups is 1. The SMILES string of the molecule is CCNC(=NCCc1nnc2n1CCCCC2)NCCOc1ccccc1. The molecule has 1 aliphatic heterocycles. The van der Waals surface area contributed by atoms with Crippen molar-refractivity contribution in [3.63, 3.8) is 0 Å². The smallest absolute Gasteiger partial charge is 0.191 e. The molecule has 1 aliphatic rings. The van der Waals surface area contributed by atoms with Crippen molar-refractivity contribution >= 4 is 5.96 Å². The highest BCUT2D eigenvalue weighted by molar-refractivity contribution is 5.79. The van der Waals surface area contributed by atoms with Crippen LogP contribution in [0.1, 0.15) is 37.8 Å². The van der Waals surface area contributed by atoms with Crippen molar-refractivity contribution in [3.05, 3.63) is 42.0 Å². The monoisotopic (exact) mass is 370 g/mol. The molecule has 0 atom stereocenters. The molecule has 0 aliphatic carbocycles. The van der Waals surface area contributed by atoms with Crippen LogP contribution in [0.3, 0.4) is 0 Å². The zero-order valence-corrected chi connectivity index (χ0v) is 16.2. The van der Waals surface area contributed by atoms with E-state index in [-0.39, 0.29) is 0 Å². The summed E-state index contributed by atoms with van der Waals surface area (Å²) in [4.78, 5) is 4.66. The molecule has 0 bridgehead atoms. The van der Waals surface area contributed by atoms with Gasteiger partial charge in [-0.25, -0.2) is 0 Å². The Morgan fingerprint density at radius 2 is 2.04 bits per heavy atom. The van der Waals surface area contributed by atoms with Crippen molar-refractivity contribution in [1.82, 2.24) is 25.4 Å². The zero-order valence-electron chi connectivity index (χ0n) is 16.2. The number of ether oxygens (including phenoxy) is 1. The van der Waals surface area contributed by atoms with E-state index in [1.807, 2.05) is 30.3 Å². The van der Waals surface area contributed by atoms with Gasteiger partial charge in [-0.3, -0.25) is 4.99 Å². The van der Waals surface area contributed by atoms with Gasteiger partial charge in [0.15, 0.2) is 5.96 Å². The molecule has 27 heavy (non-hydrogen) atoms. The van der Waals surface area contributed by atoms with E-state index < -0.39 is 0 Å². The summed E-state index contributed by atoms with van der Waals surface area (Å²) in [5.74, 6) is 3.88. The molecule has 2 N–H and O–H groups in total. The van der Waals surface area contributed by atoms with Crippen LogP contribution in [0.4, 0.5) is 0 Å². The van der Waals surface area contributed by atoms with Gasteiger partial charge in [0, 0.05) is 32.5 Å². The molecular weight excluding hydrogens is 340 g/mol. The molecule has 0 spiro atoms. The highest BCUT2D eigenvalue weighted by Gasteiger charge is 2.14. The summed E-state index contributed by atoms with van der Waals surface area (Å²) < 4.78 is 7.99. The van der Waals surface area contributed by atoms with Crippen LogP contribution in [0.25, 0.3) is 0 Å². The van der Waals surface area contributed by atoms with Crippen LogP contribution < -0.4 is 15.4 Å². The van der Waals surface area contributed by atoms with Gasteiger partial charge in [-0.05, 0) is 31.9 Å². The average molecular weight is 371 g/mol. The maximum atomic E-state index is 5.71. The molecule has 2 aromatic rings. The fourth-order valence-electron chi connectivity index (χ4n) is 3.19. The predicted octanol–water partition coefficient (Wildman–Crippen LogP) is 2.18. The minimum atomic E-state index is 0.589. The van der Waals surface area contributed by atoms with Crippen molar-refractivity contribution in [2.75, 3.05) is 26.2 Å². The summed E-state index contributed by atoms with van der Waals surface area (Å²) in [6.45, 7) is 5.90. The summed E-state index contributed by atoms with van der Waals surface area (Å²) in [5.41, 5.74) is 0. The lowest BCUT2D eigenvalue weighted by Gasteiger charge is -2.12. The number of aryl methyl sites for hydroxylation is 1. The van der Waals surface area contributed by atoms with Gasteiger partial charge in [-0.1, -0.05) is 24.6 Å². The highest BCUT2D eigenvalue weighted by atomic mass is 16.5. The lowest BCUT2D eigenvalue weighted by Crippen LogP contribution is -2.39. The molecule has 0 fully saturated rings. The quantitative estimate of drug-likeness (QED) is 0.423. The molecular formula is C20H30N6O. The van der Waals surface area contributed by atoms with Crippen molar-refractivity contribution in [3.8, 4) is 5.75 Å². The molecule has 7 nitrogen and oxygen atoms in total. The van der Waals surface area contributed by atoms with E-state index in [1.54, 1.807) is 0 Å². The van der Waals surface area contributed by atoms with Crippen LogP contribution in [0.5, 0.6) is 5.75 Å². The van der Waals surface area contributed by atoms with Gasteiger partial charge in [-0.2, -0.15) is 0 Å². The number of benzene rings is 1. The molecule has 7 heteroatoms.